The Morgan fingerprint density at radius 2 is 2.04 bits per heavy atom. The highest BCUT2D eigenvalue weighted by atomic mass is 79.9. The number of nitrogens with two attached hydrogens (primary N) is 1. The standard InChI is InChI=1S/C16H14BrN3O5/c1-9-3-2-4-13(20(23)24)15(9)19-14(21)8-25-16(22)11-7-10(17)5-6-12(11)18/h2-7H,8,18H2,1H3,(H,19,21). The first-order valence-corrected chi connectivity index (χ1v) is 7.85. The third kappa shape index (κ3) is 4.54. The van der Waals surface area contributed by atoms with Crippen molar-refractivity contribution in [3.8, 4) is 0 Å². The number of aryl methyl sites for hydroxylation is 1. The minimum atomic E-state index is -0.770. The Kier molecular flexibility index (Phi) is 5.71. The number of nitro groups is 1. The summed E-state index contributed by atoms with van der Waals surface area (Å²) in [5, 5.41) is 13.4. The summed E-state index contributed by atoms with van der Waals surface area (Å²) in [6.07, 6.45) is 0. The molecular formula is C16H14BrN3O5. The molecule has 25 heavy (non-hydrogen) atoms. The Morgan fingerprint density at radius 1 is 1.32 bits per heavy atom. The Bertz CT molecular complexity index is 854. The Hall–Kier alpha value is -2.94. The molecule has 2 aromatic carbocycles. The van der Waals surface area contributed by atoms with E-state index in [9.17, 15) is 19.7 Å². The number of carbonyl (C=O) groups is 2. The lowest BCUT2D eigenvalue weighted by Crippen LogP contribution is -2.22. The first-order chi connectivity index (χ1) is 11.8. The van der Waals surface area contributed by atoms with Crippen LogP contribution in [0.1, 0.15) is 15.9 Å². The molecule has 9 heteroatoms. The first-order valence-electron chi connectivity index (χ1n) is 7.05. The SMILES string of the molecule is Cc1cccc([N+](=O)[O-])c1NC(=O)COC(=O)c1cc(Br)ccc1N. The molecule has 0 unspecified atom stereocenters. The van der Waals surface area contributed by atoms with Gasteiger partial charge < -0.3 is 15.8 Å². The second-order valence-electron chi connectivity index (χ2n) is 5.08. The second-order valence-corrected chi connectivity index (χ2v) is 6.00. The van der Waals surface area contributed by atoms with Crippen molar-refractivity contribution in [1.29, 1.82) is 0 Å². The van der Waals surface area contributed by atoms with Gasteiger partial charge in [0.1, 0.15) is 5.69 Å². The van der Waals surface area contributed by atoms with Crippen molar-refractivity contribution in [2.24, 2.45) is 0 Å². The Morgan fingerprint density at radius 3 is 2.72 bits per heavy atom. The molecule has 2 aromatic rings. The summed E-state index contributed by atoms with van der Waals surface area (Å²) < 4.78 is 5.55. The maximum Gasteiger partial charge on any atom is 0.340 e. The van der Waals surface area contributed by atoms with E-state index in [1.807, 2.05) is 0 Å². The van der Waals surface area contributed by atoms with E-state index in [1.54, 1.807) is 19.1 Å². The number of esters is 1. The van der Waals surface area contributed by atoms with Gasteiger partial charge in [0, 0.05) is 16.2 Å². The summed E-state index contributed by atoms with van der Waals surface area (Å²) in [7, 11) is 0. The molecule has 0 spiro atoms. The first kappa shape index (κ1) is 18.4. The van der Waals surface area contributed by atoms with E-state index in [4.69, 9.17) is 10.5 Å². The van der Waals surface area contributed by atoms with E-state index < -0.39 is 23.4 Å². The van der Waals surface area contributed by atoms with Crippen LogP contribution in [0.4, 0.5) is 17.1 Å². The number of halogens is 1. The summed E-state index contributed by atoms with van der Waals surface area (Å²) in [5.74, 6) is -1.47. The number of anilines is 2. The quantitative estimate of drug-likeness (QED) is 0.339. The fourth-order valence-electron chi connectivity index (χ4n) is 2.06. The van der Waals surface area contributed by atoms with E-state index in [1.165, 1.54) is 24.3 Å². The molecular weight excluding hydrogens is 394 g/mol. The molecule has 8 nitrogen and oxygen atoms in total. The highest BCUT2D eigenvalue weighted by Crippen LogP contribution is 2.27. The number of hydrogen-bond donors (Lipinski definition) is 2. The number of ether oxygens (including phenoxy) is 1. The van der Waals surface area contributed by atoms with Crippen molar-refractivity contribution < 1.29 is 19.2 Å². The number of nitro benzene ring substituents is 1. The van der Waals surface area contributed by atoms with Gasteiger partial charge in [-0.25, -0.2) is 4.79 Å². The second kappa shape index (κ2) is 7.75. The van der Waals surface area contributed by atoms with Crippen LogP contribution in [-0.4, -0.2) is 23.4 Å². The Balaban J connectivity index is 2.06. The van der Waals surface area contributed by atoms with Crippen molar-refractivity contribution in [1.82, 2.24) is 0 Å². The number of rotatable bonds is 5. The van der Waals surface area contributed by atoms with Crippen LogP contribution in [0.15, 0.2) is 40.9 Å². The predicted molar refractivity (Wildman–Crippen MR) is 95.3 cm³/mol. The number of nitrogen functional groups attached to an aromatic ring is 1. The molecule has 0 heterocycles. The van der Waals surface area contributed by atoms with Gasteiger partial charge in [-0.3, -0.25) is 14.9 Å². The maximum absolute atomic E-state index is 12.0. The zero-order valence-electron chi connectivity index (χ0n) is 13.1. The lowest BCUT2D eigenvalue weighted by atomic mass is 10.1. The lowest BCUT2D eigenvalue weighted by molar-refractivity contribution is -0.384. The van der Waals surface area contributed by atoms with E-state index >= 15 is 0 Å². The minimum absolute atomic E-state index is 0.0653. The van der Waals surface area contributed by atoms with Gasteiger partial charge in [-0.15, -0.1) is 0 Å². The predicted octanol–water partition coefficient (Wildman–Crippen LogP) is 3.04. The van der Waals surface area contributed by atoms with Crippen molar-refractivity contribution in [2.45, 2.75) is 6.92 Å². The fraction of sp³-hybridized carbons (Fsp3) is 0.125. The van der Waals surface area contributed by atoms with Crippen LogP contribution in [-0.2, 0) is 9.53 Å². The van der Waals surface area contributed by atoms with Gasteiger partial charge in [0.25, 0.3) is 11.6 Å². The van der Waals surface area contributed by atoms with Crippen LogP contribution in [0.3, 0.4) is 0 Å². The summed E-state index contributed by atoms with van der Waals surface area (Å²) in [5.41, 5.74) is 6.37. The van der Waals surface area contributed by atoms with E-state index in [0.29, 0.717) is 10.0 Å². The zero-order chi connectivity index (χ0) is 18.6. The molecule has 0 saturated heterocycles. The van der Waals surface area contributed by atoms with E-state index in [0.717, 1.165) is 0 Å². The van der Waals surface area contributed by atoms with Crippen molar-refractivity contribution in [3.05, 3.63) is 62.1 Å². The molecule has 0 radical (unpaired) electrons. The normalized spacial score (nSPS) is 10.2. The van der Waals surface area contributed by atoms with Gasteiger partial charge in [-0.05, 0) is 30.7 Å². The Labute approximate surface area is 151 Å². The third-order valence-corrected chi connectivity index (χ3v) is 3.77. The van der Waals surface area contributed by atoms with Gasteiger partial charge in [0.2, 0.25) is 0 Å². The fourth-order valence-corrected chi connectivity index (χ4v) is 2.42. The molecule has 0 fully saturated rings. The lowest BCUT2D eigenvalue weighted by Gasteiger charge is -2.10. The summed E-state index contributed by atoms with van der Waals surface area (Å²) in [6.45, 7) is 1.02. The van der Waals surface area contributed by atoms with Crippen LogP contribution in [0.5, 0.6) is 0 Å². The number of hydrogen-bond acceptors (Lipinski definition) is 6. The van der Waals surface area contributed by atoms with E-state index in [-0.39, 0.29) is 22.6 Å². The van der Waals surface area contributed by atoms with Crippen molar-refractivity contribution in [3.63, 3.8) is 0 Å². The topological polar surface area (TPSA) is 125 Å². The zero-order valence-corrected chi connectivity index (χ0v) is 14.7. The van der Waals surface area contributed by atoms with Crippen LogP contribution >= 0.6 is 15.9 Å². The van der Waals surface area contributed by atoms with Crippen LogP contribution in [0, 0.1) is 17.0 Å². The van der Waals surface area contributed by atoms with Crippen molar-refractivity contribution in [2.75, 3.05) is 17.7 Å². The molecule has 0 saturated carbocycles. The largest absolute Gasteiger partial charge is 0.452 e. The number of carbonyl (C=O) groups excluding carboxylic acids is 2. The highest BCUT2D eigenvalue weighted by molar-refractivity contribution is 9.10. The molecule has 0 aliphatic heterocycles. The van der Waals surface area contributed by atoms with E-state index in [2.05, 4.69) is 21.2 Å². The number of nitrogens with zero attached hydrogens (tertiary/aromatic N) is 1. The molecule has 0 aromatic heterocycles. The molecule has 2 rings (SSSR count). The number of para-hydroxylation sites is 1. The molecule has 0 bridgehead atoms. The van der Waals surface area contributed by atoms with Gasteiger partial charge in [0.15, 0.2) is 6.61 Å². The monoisotopic (exact) mass is 407 g/mol. The molecule has 0 atom stereocenters. The third-order valence-electron chi connectivity index (χ3n) is 3.28. The minimum Gasteiger partial charge on any atom is -0.452 e. The average Bonchev–Trinajstić information content (AvgIpc) is 2.56. The van der Waals surface area contributed by atoms with Gasteiger partial charge in [-0.2, -0.15) is 0 Å². The summed E-state index contributed by atoms with van der Waals surface area (Å²) in [6, 6.07) is 9.07. The number of nitrogens with one attached hydrogen (secondary N) is 1. The molecule has 1 amide bonds. The molecule has 0 aliphatic carbocycles. The summed E-state index contributed by atoms with van der Waals surface area (Å²) >= 11 is 3.21. The average molecular weight is 408 g/mol. The van der Waals surface area contributed by atoms with Gasteiger partial charge >= 0.3 is 5.97 Å². The number of benzene rings is 2. The van der Waals surface area contributed by atoms with Crippen LogP contribution in [0.25, 0.3) is 0 Å². The maximum atomic E-state index is 12.0. The molecule has 130 valence electrons. The highest BCUT2D eigenvalue weighted by Gasteiger charge is 2.19. The van der Waals surface area contributed by atoms with Gasteiger partial charge in [0.05, 0.1) is 10.5 Å². The van der Waals surface area contributed by atoms with Crippen LogP contribution < -0.4 is 11.1 Å². The molecule has 0 aliphatic rings. The van der Waals surface area contributed by atoms with Crippen LogP contribution in [0.2, 0.25) is 0 Å². The smallest absolute Gasteiger partial charge is 0.340 e. The number of amides is 1. The summed E-state index contributed by atoms with van der Waals surface area (Å²) in [4.78, 5) is 34.4. The van der Waals surface area contributed by atoms with Crippen molar-refractivity contribution >= 4 is 44.9 Å². The molecule has 3 N–H and O–H groups in total. The van der Waals surface area contributed by atoms with Gasteiger partial charge in [-0.1, -0.05) is 28.1 Å².